The quantitative estimate of drug-likeness (QED) is 0.687. The van der Waals surface area contributed by atoms with E-state index in [0.717, 1.165) is 19.4 Å². The average Bonchev–Trinajstić information content (AvgIpc) is 2.27. The van der Waals surface area contributed by atoms with E-state index >= 15 is 0 Å². The zero-order valence-corrected chi connectivity index (χ0v) is 12.5. The SMILES string of the molecule is CCC(CC)N(CC(C)C)C(=O)C(C)(C)OC. The van der Waals surface area contributed by atoms with Crippen molar-refractivity contribution < 1.29 is 9.53 Å². The van der Waals surface area contributed by atoms with Gasteiger partial charge in [-0.05, 0) is 32.6 Å². The molecule has 17 heavy (non-hydrogen) atoms. The van der Waals surface area contributed by atoms with Gasteiger partial charge in [0.25, 0.3) is 5.91 Å². The third kappa shape index (κ3) is 4.66. The zero-order chi connectivity index (χ0) is 13.6. The minimum absolute atomic E-state index is 0.0994. The van der Waals surface area contributed by atoms with Crippen LogP contribution in [0.2, 0.25) is 0 Å². The molecule has 0 N–H and O–H groups in total. The van der Waals surface area contributed by atoms with Gasteiger partial charge in [0.05, 0.1) is 0 Å². The Labute approximate surface area is 107 Å². The number of nitrogens with zero attached hydrogens (tertiary/aromatic N) is 1. The van der Waals surface area contributed by atoms with Gasteiger partial charge in [0.15, 0.2) is 0 Å². The maximum atomic E-state index is 12.5. The van der Waals surface area contributed by atoms with Crippen molar-refractivity contribution >= 4 is 5.91 Å². The van der Waals surface area contributed by atoms with Crippen LogP contribution in [0.1, 0.15) is 54.4 Å². The maximum absolute atomic E-state index is 12.5. The molecule has 0 aliphatic rings. The number of hydrogen-bond acceptors (Lipinski definition) is 2. The predicted octanol–water partition coefficient (Wildman–Crippen LogP) is 3.08. The molecule has 0 aromatic carbocycles. The van der Waals surface area contributed by atoms with Gasteiger partial charge in [-0.3, -0.25) is 4.79 Å². The number of carbonyl (C=O) groups excluding carboxylic acids is 1. The molecule has 0 saturated heterocycles. The second-order valence-corrected chi connectivity index (χ2v) is 5.54. The van der Waals surface area contributed by atoms with Crippen molar-refractivity contribution in [3.05, 3.63) is 0 Å². The van der Waals surface area contributed by atoms with E-state index in [9.17, 15) is 4.79 Å². The van der Waals surface area contributed by atoms with Gasteiger partial charge >= 0.3 is 0 Å². The van der Waals surface area contributed by atoms with Crippen molar-refractivity contribution in [1.82, 2.24) is 4.90 Å². The zero-order valence-electron chi connectivity index (χ0n) is 12.5. The van der Waals surface area contributed by atoms with Gasteiger partial charge in [0.1, 0.15) is 5.60 Å². The molecular formula is C14H29NO2. The Bertz CT molecular complexity index is 232. The summed E-state index contributed by atoms with van der Waals surface area (Å²) in [4.78, 5) is 14.5. The Kier molecular flexibility index (Phi) is 6.76. The summed E-state index contributed by atoms with van der Waals surface area (Å²) in [6, 6.07) is 0.319. The number of carbonyl (C=O) groups is 1. The Hall–Kier alpha value is -0.570. The minimum Gasteiger partial charge on any atom is -0.369 e. The normalized spacial score (nSPS) is 12.3. The van der Waals surface area contributed by atoms with Gasteiger partial charge in [0, 0.05) is 19.7 Å². The molecule has 0 aromatic heterocycles. The van der Waals surface area contributed by atoms with Crippen LogP contribution in [0.15, 0.2) is 0 Å². The average molecular weight is 243 g/mol. The van der Waals surface area contributed by atoms with Crippen molar-refractivity contribution in [3.63, 3.8) is 0 Å². The fourth-order valence-corrected chi connectivity index (χ4v) is 1.95. The highest BCUT2D eigenvalue weighted by Crippen LogP contribution is 2.19. The van der Waals surface area contributed by atoms with Crippen molar-refractivity contribution in [2.75, 3.05) is 13.7 Å². The van der Waals surface area contributed by atoms with Crippen LogP contribution in [0.4, 0.5) is 0 Å². The number of methoxy groups -OCH3 is 1. The van der Waals surface area contributed by atoms with Crippen molar-refractivity contribution in [1.29, 1.82) is 0 Å². The van der Waals surface area contributed by atoms with Crippen LogP contribution in [-0.2, 0) is 9.53 Å². The van der Waals surface area contributed by atoms with Crippen LogP contribution < -0.4 is 0 Å². The molecule has 0 radical (unpaired) electrons. The highest BCUT2D eigenvalue weighted by atomic mass is 16.5. The summed E-state index contributed by atoms with van der Waals surface area (Å²) in [5, 5.41) is 0. The molecule has 0 fully saturated rings. The highest BCUT2D eigenvalue weighted by Gasteiger charge is 2.34. The monoisotopic (exact) mass is 243 g/mol. The summed E-state index contributed by atoms with van der Waals surface area (Å²) in [7, 11) is 1.60. The molecule has 0 aliphatic carbocycles. The Balaban J connectivity index is 4.97. The van der Waals surface area contributed by atoms with E-state index in [1.807, 2.05) is 18.7 Å². The standard InChI is InChI=1S/C14H29NO2/c1-8-12(9-2)15(10-11(3)4)13(16)14(5,6)17-7/h11-12H,8-10H2,1-7H3. The molecule has 1 amide bonds. The van der Waals surface area contributed by atoms with E-state index in [1.54, 1.807) is 7.11 Å². The van der Waals surface area contributed by atoms with Gasteiger partial charge in [-0.15, -0.1) is 0 Å². The van der Waals surface area contributed by atoms with Gasteiger partial charge in [-0.25, -0.2) is 0 Å². The fraction of sp³-hybridized carbons (Fsp3) is 0.929. The molecule has 0 rings (SSSR count). The van der Waals surface area contributed by atoms with E-state index in [4.69, 9.17) is 4.74 Å². The lowest BCUT2D eigenvalue weighted by Gasteiger charge is -2.37. The molecular weight excluding hydrogens is 214 g/mol. The smallest absolute Gasteiger partial charge is 0.254 e. The Morgan fingerprint density at radius 2 is 1.71 bits per heavy atom. The number of ether oxygens (including phenoxy) is 1. The van der Waals surface area contributed by atoms with Gasteiger partial charge in [-0.2, -0.15) is 0 Å². The van der Waals surface area contributed by atoms with E-state index in [-0.39, 0.29) is 5.91 Å². The topological polar surface area (TPSA) is 29.5 Å². The van der Waals surface area contributed by atoms with E-state index in [1.165, 1.54) is 0 Å². The fourth-order valence-electron chi connectivity index (χ4n) is 1.95. The van der Waals surface area contributed by atoms with Crippen molar-refractivity contribution in [2.24, 2.45) is 5.92 Å². The number of rotatable bonds is 7. The van der Waals surface area contributed by atoms with Crippen LogP contribution in [-0.4, -0.2) is 36.1 Å². The van der Waals surface area contributed by atoms with Gasteiger partial charge < -0.3 is 9.64 Å². The first-order valence-electron chi connectivity index (χ1n) is 6.66. The van der Waals surface area contributed by atoms with E-state index in [0.29, 0.717) is 12.0 Å². The third-order valence-corrected chi connectivity index (χ3v) is 3.23. The molecule has 0 saturated carbocycles. The summed E-state index contributed by atoms with van der Waals surface area (Å²) in [5.41, 5.74) is -0.725. The molecule has 3 heteroatoms. The van der Waals surface area contributed by atoms with Crippen molar-refractivity contribution in [3.8, 4) is 0 Å². The molecule has 102 valence electrons. The van der Waals surface area contributed by atoms with Crippen molar-refractivity contribution in [2.45, 2.75) is 66.0 Å². The number of hydrogen-bond donors (Lipinski definition) is 0. The van der Waals surface area contributed by atoms with Crippen LogP contribution in [0.5, 0.6) is 0 Å². The number of amides is 1. The molecule has 0 spiro atoms. The molecule has 0 heterocycles. The molecule has 0 atom stereocenters. The molecule has 3 nitrogen and oxygen atoms in total. The van der Waals surface area contributed by atoms with Crippen LogP contribution in [0.3, 0.4) is 0 Å². The Morgan fingerprint density at radius 3 is 2.00 bits per heavy atom. The van der Waals surface area contributed by atoms with Gasteiger partial charge in [-0.1, -0.05) is 27.7 Å². The maximum Gasteiger partial charge on any atom is 0.254 e. The largest absolute Gasteiger partial charge is 0.369 e. The summed E-state index contributed by atoms with van der Waals surface area (Å²) in [6.07, 6.45) is 1.99. The summed E-state index contributed by atoms with van der Waals surface area (Å²) in [6.45, 7) is 13.0. The predicted molar refractivity (Wildman–Crippen MR) is 72.0 cm³/mol. The molecule has 0 aliphatic heterocycles. The first kappa shape index (κ1) is 16.4. The highest BCUT2D eigenvalue weighted by molar-refractivity contribution is 5.84. The third-order valence-electron chi connectivity index (χ3n) is 3.23. The second kappa shape index (κ2) is 7.00. The lowest BCUT2D eigenvalue weighted by Crippen LogP contribution is -2.51. The lowest BCUT2D eigenvalue weighted by molar-refractivity contribution is -0.154. The molecule has 0 unspecified atom stereocenters. The van der Waals surface area contributed by atoms with E-state index < -0.39 is 5.60 Å². The Morgan fingerprint density at radius 1 is 1.24 bits per heavy atom. The summed E-state index contributed by atoms with van der Waals surface area (Å²) < 4.78 is 5.31. The summed E-state index contributed by atoms with van der Waals surface area (Å²) >= 11 is 0. The van der Waals surface area contributed by atoms with E-state index in [2.05, 4.69) is 27.7 Å². The lowest BCUT2D eigenvalue weighted by atomic mass is 10.0. The molecule has 0 aromatic rings. The molecule has 0 bridgehead atoms. The van der Waals surface area contributed by atoms with Crippen LogP contribution >= 0.6 is 0 Å². The summed E-state index contributed by atoms with van der Waals surface area (Å²) in [5.74, 6) is 0.578. The van der Waals surface area contributed by atoms with Crippen LogP contribution in [0.25, 0.3) is 0 Å². The van der Waals surface area contributed by atoms with Crippen LogP contribution in [0, 0.1) is 5.92 Å². The van der Waals surface area contributed by atoms with Gasteiger partial charge in [0.2, 0.25) is 0 Å². The minimum atomic E-state index is -0.725. The second-order valence-electron chi connectivity index (χ2n) is 5.54. The first-order valence-corrected chi connectivity index (χ1v) is 6.66. The first-order chi connectivity index (χ1) is 7.80.